The molecule has 0 nitrogen and oxygen atoms in total. The Bertz CT molecular complexity index is 74.4. The minimum atomic E-state index is 0. The van der Waals surface area contributed by atoms with Crippen molar-refractivity contribution >= 4 is 21.2 Å². The molecule has 0 spiro atoms. The van der Waals surface area contributed by atoms with Gasteiger partial charge in [-0.2, -0.15) is 0 Å². The molecular formula is C12H25Si2. The largest absolute Gasteiger partial charge is 0.0654 e. The quantitative estimate of drug-likeness (QED) is 0.388. The molecule has 0 rings (SSSR count). The first-order valence-electron chi connectivity index (χ1n) is 6.06. The summed E-state index contributed by atoms with van der Waals surface area (Å²) in [5.74, 6) is 0. The van der Waals surface area contributed by atoms with Gasteiger partial charge in [-0.1, -0.05) is 77.2 Å². The van der Waals surface area contributed by atoms with Gasteiger partial charge in [0, 0.05) is 21.2 Å². The molecule has 0 aromatic rings. The average Bonchev–Trinajstić information content (AvgIpc) is 2.16. The van der Waals surface area contributed by atoms with Crippen LogP contribution >= 0.6 is 0 Å². The molecule has 0 aliphatic carbocycles. The maximum Gasteiger partial charge on any atom is 0.0222 e. The van der Waals surface area contributed by atoms with Crippen molar-refractivity contribution in [1.29, 1.82) is 0 Å². The van der Waals surface area contributed by atoms with Crippen LogP contribution in [0.3, 0.4) is 0 Å². The fourth-order valence-corrected chi connectivity index (χ4v) is 1.86. The molecule has 2 heteroatoms. The standard InChI is InChI=1S/C12H25Si.Si/c1-2-3-4-5-6-7-8-9-10-11-12-13;/h2-12H2,1H3;. The average molecular weight is 226 g/mol. The molecule has 0 aliphatic heterocycles. The van der Waals surface area contributed by atoms with Crippen molar-refractivity contribution in [1.82, 2.24) is 0 Å². The molecule has 7 radical (unpaired) electrons. The van der Waals surface area contributed by atoms with E-state index >= 15 is 0 Å². The number of unbranched alkanes of at least 4 members (excludes halogenated alkanes) is 9. The van der Waals surface area contributed by atoms with Crippen molar-refractivity contribution in [2.45, 2.75) is 77.2 Å². The molecule has 0 atom stereocenters. The van der Waals surface area contributed by atoms with E-state index in [0.29, 0.717) is 0 Å². The third kappa shape index (κ3) is 14.9. The summed E-state index contributed by atoms with van der Waals surface area (Å²) in [4.78, 5) is 0. The van der Waals surface area contributed by atoms with Crippen molar-refractivity contribution in [3.63, 3.8) is 0 Å². The zero-order valence-corrected chi connectivity index (χ0v) is 11.8. The molecule has 0 aromatic heterocycles. The van der Waals surface area contributed by atoms with Gasteiger partial charge in [-0.05, 0) is 0 Å². The van der Waals surface area contributed by atoms with E-state index in [2.05, 4.69) is 17.2 Å². The summed E-state index contributed by atoms with van der Waals surface area (Å²) in [6.45, 7) is 2.28. The van der Waals surface area contributed by atoms with E-state index in [9.17, 15) is 0 Å². The van der Waals surface area contributed by atoms with Crippen LogP contribution in [0.2, 0.25) is 6.04 Å². The summed E-state index contributed by atoms with van der Waals surface area (Å²) in [7, 11) is 3.50. The lowest BCUT2D eigenvalue weighted by molar-refractivity contribution is 0.562. The van der Waals surface area contributed by atoms with E-state index in [1.807, 2.05) is 0 Å². The summed E-state index contributed by atoms with van der Waals surface area (Å²) < 4.78 is 0. The zero-order valence-electron chi connectivity index (χ0n) is 9.78. The molecule has 0 bridgehead atoms. The molecule has 14 heavy (non-hydrogen) atoms. The Labute approximate surface area is 98.7 Å². The number of hydrogen-bond donors (Lipinski definition) is 0. The van der Waals surface area contributed by atoms with E-state index < -0.39 is 0 Å². The molecule has 0 fully saturated rings. The van der Waals surface area contributed by atoms with E-state index in [1.165, 1.54) is 70.3 Å². The Morgan fingerprint density at radius 2 is 1.00 bits per heavy atom. The second kappa shape index (κ2) is 15.9. The lowest BCUT2D eigenvalue weighted by Crippen LogP contribution is -1.81. The Morgan fingerprint density at radius 3 is 1.36 bits per heavy atom. The van der Waals surface area contributed by atoms with E-state index in [4.69, 9.17) is 0 Å². The maximum absolute atomic E-state index is 3.50. The van der Waals surface area contributed by atoms with Crippen molar-refractivity contribution in [3.8, 4) is 0 Å². The van der Waals surface area contributed by atoms with Crippen molar-refractivity contribution in [3.05, 3.63) is 0 Å². The predicted molar refractivity (Wildman–Crippen MR) is 68.2 cm³/mol. The number of hydrogen-bond acceptors (Lipinski definition) is 0. The molecule has 0 heterocycles. The van der Waals surface area contributed by atoms with Crippen LogP contribution < -0.4 is 0 Å². The molecule has 0 amide bonds. The summed E-state index contributed by atoms with van der Waals surface area (Å²) in [5, 5.41) is 0. The van der Waals surface area contributed by atoms with Gasteiger partial charge in [-0.3, -0.25) is 0 Å². The van der Waals surface area contributed by atoms with Gasteiger partial charge in [0.2, 0.25) is 0 Å². The molecule has 0 aromatic carbocycles. The van der Waals surface area contributed by atoms with Gasteiger partial charge in [0.25, 0.3) is 0 Å². The third-order valence-electron chi connectivity index (χ3n) is 2.53. The zero-order chi connectivity index (χ0) is 9.78. The van der Waals surface area contributed by atoms with E-state index in [-0.39, 0.29) is 11.0 Å². The topological polar surface area (TPSA) is 0 Å². The fourth-order valence-electron chi connectivity index (χ4n) is 1.61. The van der Waals surface area contributed by atoms with Crippen LogP contribution in [0.5, 0.6) is 0 Å². The first-order valence-corrected chi connectivity index (χ1v) is 6.77. The first-order chi connectivity index (χ1) is 6.41. The number of rotatable bonds is 10. The highest BCUT2D eigenvalue weighted by atomic mass is 28.1. The van der Waals surface area contributed by atoms with Crippen molar-refractivity contribution < 1.29 is 0 Å². The van der Waals surface area contributed by atoms with Gasteiger partial charge in [-0.25, -0.2) is 0 Å². The second-order valence-corrected chi connectivity index (χ2v) is 4.43. The van der Waals surface area contributed by atoms with Gasteiger partial charge >= 0.3 is 0 Å². The molecule has 81 valence electrons. The lowest BCUT2D eigenvalue weighted by atomic mass is 10.1. The van der Waals surface area contributed by atoms with Crippen LogP contribution in [0.25, 0.3) is 0 Å². The predicted octanol–water partition coefficient (Wildman–Crippen LogP) is 4.11. The van der Waals surface area contributed by atoms with E-state index in [0.717, 1.165) is 0 Å². The van der Waals surface area contributed by atoms with Crippen LogP contribution in [0.15, 0.2) is 0 Å². The van der Waals surface area contributed by atoms with Gasteiger partial charge < -0.3 is 0 Å². The highest BCUT2D eigenvalue weighted by Crippen LogP contribution is 2.10. The summed E-state index contributed by atoms with van der Waals surface area (Å²) in [6.07, 6.45) is 14.3. The maximum atomic E-state index is 3.50. The van der Waals surface area contributed by atoms with E-state index in [1.54, 1.807) is 0 Å². The molecule has 0 unspecified atom stereocenters. The molecule has 0 saturated heterocycles. The highest BCUT2D eigenvalue weighted by Gasteiger charge is 1.90. The molecule has 0 saturated carbocycles. The highest BCUT2D eigenvalue weighted by molar-refractivity contribution is 6.08. The van der Waals surface area contributed by atoms with Crippen LogP contribution in [-0.2, 0) is 0 Å². The monoisotopic (exact) mass is 225 g/mol. The minimum Gasteiger partial charge on any atom is -0.0654 e. The third-order valence-corrected chi connectivity index (χ3v) is 2.88. The Kier molecular flexibility index (Phi) is 19.1. The Balaban J connectivity index is 0. The van der Waals surface area contributed by atoms with Gasteiger partial charge in [0.05, 0.1) is 0 Å². The van der Waals surface area contributed by atoms with Crippen molar-refractivity contribution in [2.75, 3.05) is 0 Å². The molecule has 0 aliphatic rings. The van der Waals surface area contributed by atoms with Crippen LogP contribution in [0, 0.1) is 0 Å². The van der Waals surface area contributed by atoms with Gasteiger partial charge in [0.15, 0.2) is 0 Å². The lowest BCUT2D eigenvalue weighted by Gasteiger charge is -2.00. The summed E-state index contributed by atoms with van der Waals surface area (Å²) in [6, 6.07) is 1.18. The van der Waals surface area contributed by atoms with Crippen molar-refractivity contribution in [2.24, 2.45) is 0 Å². The second-order valence-electron chi connectivity index (χ2n) is 3.93. The smallest absolute Gasteiger partial charge is 0.0222 e. The molecular weight excluding hydrogens is 200 g/mol. The summed E-state index contributed by atoms with van der Waals surface area (Å²) in [5.41, 5.74) is 0. The Hall–Kier alpha value is 0.434. The van der Waals surface area contributed by atoms with Crippen LogP contribution in [0.1, 0.15) is 71.1 Å². The summed E-state index contributed by atoms with van der Waals surface area (Å²) >= 11 is 0. The normalized spacial score (nSPS) is 9.86. The van der Waals surface area contributed by atoms with Crippen LogP contribution in [0.4, 0.5) is 0 Å². The SMILES string of the molecule is CCCCCCCCCCCC[Si].[Si]. The first kappa shape index (κ1) is 16.8. The van der Waals surface area contributed by atoms with Gasteiger partial charge in [0.1, 0.15) is 0 Å². The molecule has 0 N–H and O–H groups in total. The fraction of sp³-hybridized carbons (Fsp3) is 1.00. The van der Waals surface area contributed by atoms with Crippen LogP contribution in [-0.4, -0.2) is 21.2 Å². The Morgan fingerprint density at radius 1 is 0.643 bits per heavy atom. The van der Waals surface area contributed by atoms with Gasteiger partial charge in [-0.15, -0.1) is 0 Å². The minimum absolute atomic E-state index is 0.